The van der Waals surface area contributed by atoms with Crippen LogP contribution in [0.5, 0.6) is 5.75 Å². The first-order valence-electron chi connectivity index (χ1n) is 7.27. The van der Waals surface area contributed by atoms with Gasteiger partial charge in [-0.1, -0.05) is 26.0 Å². The van der Waals surface area contributed by atoms with Gasteiger partial charge >= 0.3 is 0 Å². The molecule has 1 rings (SSSR count). The molecular formula is C16H28N2O. The minimum Gasteiger partial charge on any atom is -0.496 e. The Kier molecular flexibility index (Phi) is 7.53. The second-order valence-corrected chi connectivity index (χ2v) is 4.92. The van der Waals surface area contributed by atoms with E-state index in [1.165, 1.54) is 24.1 Å². The van der Waals surface area contributed by atoms with Crippen molar-refractivity contribution in [3.63, 3.8) is 0 Å². The quantitative estimate of drug-likeness (QED) is 0.694. The number of hydrogen-bond donors (Lipinski definition) is 1. The van der Waals surface area contributed by atoms with Gasteiger partial charge < -0.3 is 15.0 Å². The number of nitrogens with one attached hydrogen (secondary N) is 1. The van der Waals surface area contributed by atoms with E-state index in [2.05, 4.69) is 43.1 Å². The van der Waals surface area contributed by atoms with E-state index in [0.717, 1.165) is 31.9 Å². The van der Waals surface area contributed by atoms with Gasteiger partial charge in [0.15, 0.2) is 0 Å². The van der Waals surface area contributed by atoms with Crippen LogP contribution in [0.15, 0.2) is 18.2 Å². The van der Waals surface area contributed by atoms with E-state index in [-0.39, 0.29) is 0 Å². The van der Waals surface area contributed by atoms with Gasteiger partial charge in [-0.2, -0.15) is 0 Å². The lowest BCUT2D eigenvalue weighted by Gasteiger charge is -2.19. The Morgan fingerprint density at radius 3 is 2.58 bits per heavy atom. The Morgan fingerprint density at radius 1 is 1.21 bits per heavy atom. The summed E-state index contributed by atoms with van der Waals surface area (Å²) in [5.41, 5.74) is 2.51. The number of methoxy groups -OCH3 is 1. The fourth-order valence-corrected chi connectivity index (χ4v) is 2.26. The van der Waals surface area contributed by atoms with E-state index in [4.69, 9.17) is 4.74 Å². The number of ether oxygens (including phenoxy) is 1. The first-order valence-corrected chi connectivity index (χ1v) is 7.27. The van der Waals surface area contributed by atoms with Crippen LogP contribution in [0.3, 0.4) is 0 Å². The van der Waals surface area contributed by atoms with Crippen molar-refractivity contribution in [2.24, 2.45) is 0 Å². The Bertz CT molecular complexity index is 366. The monoisotopic (exact) mass is 264 g/mol. The van der Waals surface area contributed by atoms with Crippen molar-refractivity contribution in [2.75, 3.05) is 33.3 Å². The Morgan fingerprint density at radius 2 is 2.00 bits per heavy atom. The van der Waals surface area contributed by atoms with Crippen LogP contribution < -0.4 is 10.1 Å². The molecule has 1 aromatic rings. The lowest BCUT2D eigenvalue weighted by atomic mass is 10.1. The van der Waals surface area contributed by atoms with Gasteiger partial charge in [0.2, 0.25) is 0 Å². The highest BCUT2D eigenvalue weighted by atomic mass is 16.5. The van der Waals surface area contributed by atoms with Gasteiger partial charge in [-0.15, -0.1) is 0 Å². The zero-order valence-corrected chi connectivity index (χ0v) is 12.8. The highest BCUT2D eigenvalue weighted by Crippen LogP contribution is 2.18. The van der Waals surface area contributed by atoms with Gasteiger partial charge in [0.1, 0.15) is 5.75 Å². The third kappa shape index (κ3) is 5.62. The molecule has 0 aliphatic heterocycles. The zero-order valence-electron chi connectivity index (χ0n) is 12.8. The summed E-state index contributed by atoms with van der Waals surface area (Å²) in [6, 6.07) is 6.36. The first-order chi connectivity index (χ1) is 9.21. The highest BCUT2D eigenvalue weighted by Gasteiger charge is 2.01. The zero-order chi connectivity index (χ0) is 14.1. The molecule has 19 heavy (non-hydrogen) atoms. The van der Waals surface area contributed by atoms with Crippen LogP contribution in [0.1, 0.15) is 31.4 Å². The van der Waals surface area contributed by atoms with Crippen molar-refractivity contribution in [2.45, 2.75) is 33.7 Å². The van der Waals surface area contributed by atoms with Crippen LogP contribution in [0.2, 0.25) is 0 Å². The molecule has 3 nitrogen and oxygen atoms in total. The largest absolute Gasteiger partial charge is 0.496 e. The van der Waals surface area contributed by atoms with Crippen LogP contribution in [0, 0.1) is 6.92 Å². The number of likely N-dealkylation sites (N-methyl/N-ethyl adjacent to an activating group) is 1. The molecule has 1 N–H and O–H groups in total. The van der Waals surface area contributed by atoms with Crippen molar-refractivity contribution >= 4 is 0 Å². The van der Waals surface area contributed by atoms with E-state index in [9.17, 15) is 0 Å². The van der Waals surface area contributed by atoms with Crippen LogP contribution >= 0.6 is 0 Å². The molecule has 0 amide bonds. The lowest BCUT2D eigenvalue weighted by molar-refractivity contribution is 0.287. The number of nitrogens with zero attached hydrogens (tertiary/aromatic N) is 1. The molecule has 0 saturated carbocycles. The van der Waals surface area contributed by atoms with E-state index < -0.39 is 0 Å². The number of aryl methyl sites for hydroxylation is 1. The molecular weight excluding hydrogens is 236 g/mol. The van der Waals surface area contributed by atoms with Crippen LogP contribution in [-0.2, 0) is 6.54 Å². The number of rotatable bonds is 9. The summed E-state index contributed by atoms with van der Waals surface area (Å²) in [6.45, 7) is 12.0. The smallest absolute Gasteiger partial charge is 0.121 e. The molecule has 1 aromatic carbocycles. The summed E-state index contributed by atoms with van der Waals surface area (Å²) in [6.07, 6.45) is 1.23. The van der Waals surface area contributed by atoms with Gasteiger partial charge in [-0.25, -0.2) is 0 Å². The minimum absolute atomic E-state index is 0.925. The maximum atomic E-state index is 5.27. The maximum absolute atomic E-state index is 5.27. The summed E-state index contributed by atoms with van der Waals surface area (Å²) in [4.78, 5) is 2.48. The fourth-order valence-electron chi connectivity index (χ4n) is 2.26. The predicted molar refractivity (Wildman–Crippen MR) is 81.8 cm³/mol. The summed E-state index contributed by atoms with van der Waals surface area (Å²) in [5, 5.41) is 3.51. The molecule has 0 saturated heterocycles. The Labute approximate surface area is 118 Å². The Balaban J connectivity index is 2.31. The average molecular weight is 264 g/mol. The van der Waals surface area contributed by atoms with Crippen molar-refractivity contribution in [3.8, 4) is 5.75 Å². The van der Waals surface area contributed by atoms with Crippen molar-refractivity contribution in [1.29, 1.82) is 0 Å². The third-order valence-corrected chi connectivity index (χ3v) is 3.38. The summed E-state index contributed by atoms with van der Waals surface area (Å²) < 4.78 is 5.27. The Hall–Kier alpha value is -1.06. The molecule has 0 unspecified atom stereocenters. The topological polar surface area (TPSA) is 24.5 Å². The molecule has 0 bridgehead atoms. The SMILES string of the molecule is CCCN(CC)CCNCc1ccc(OC)c(C)c1. The standard InChI is InChI=1S/C16H28N2O/c1-5-10-18(6-2)11-9-17-13-15-7-8-16(19-4)14(3)12-15/h7-8,12,17H,5-6,9-11,13H2,1-4H3. The molecule has 0 fully saturated rings. The average Bonchev–Trinajstić information content (AvgIpc) is 2.42. The van der Waals surface area contributed by atoms with Gasteiger partial charge in [0, 0.05) is 19.6 Å². The van der Waals surface area contributed by atoms with Crippen molar-refractivity contribution < 1.29 is 4.74 Å². The van der Waals surface area contributed by atoms with Crippen molar-refractivity contribution in [1.82, 2.24) is 10.2 Å². The molecule has 0 aliphatic carbocycles. The maximum Gasteiger partial charge on any atom is 0.121 e. The third-order valence-electron chi connectivity index (χ3n) is 3.38. The highest BCUT2D eigenvalue weighted by molar-refractivity contribution is 5.36. The van der Waals surface area contributed by atoms with Crippen LogP contribution in [-0.4, -0.2) is 38.2 Å². The fraction of sp³-hybridized carbons (Fsp3) is 0.625. The van der Waals surface area contributed by atoms with Gasteiger partial charge in [0.25, 0.3) is 0 Å². The summed E-state index contributed by atoms with van der Waals surface area (Å²) >= 11 is 0. The number of benzene rings is 1. The minimum atomic E-state index is 0.925. The van der Waals surface area contributed by atoms with Gasteiger partial charge in [-0.3, -0.25) is 0 Å². The second kappa shape index (κ2) is 8.94. The van der Waals surface area contributed by atoms with Gasteiger partial charge in [0.05, 0.1) is 7.11 Å². The predicted octanol–water partition coefficient (Wildman–Crippen LogP) is 2.83. The van der Waals surface area contributed by atoms with Crippen LogP contribution in [0.4, 0.5) is 0 Å². The molecule has 0 spiro atoms. The molecule has 0 atom stereocenters. The normalized spacial score (nSPS) is 11.0. The molecule has 3 heteroatoms. The van der Waals surface area contributed by atoms with Crippen LogP contribution in [0.25, 0.3) is 0 Å². The molecule has 0 aliphatic rings. The van der Waals surface area contributed by atoms with E-state index in [1.807, 2.05) is 6.07 Å². The number of hydrogen-bond acceptors (Lipinski definition) is 3. The summed E-state index contributed by atoms with van der Waals surface area (Å²) in [7, 11) is 1.72. The van der Waals surface area contributed by atoms with Gasteiger partial charge in [-0.05, 0) is 43.6 Å². The first kappa shape index (κ1) is 16.0. The second-order valence-electron chi connectivity index (χ2n) is 4.92. The molecule has 108 valence electrons. The van der Waals surface area contributed by atoms with E-state index >= 15 is 0 Å². The molecule has 0 heterocycles. The van der Waals surface area contributed by atoms with E-state index in [0.29, 0.717) is 0 Å². The molecule has 0 aromatic heterocycles. The van der Waals surface area contributed by atoms with Crippen molar-refractivity contribution in [3.05, 3.63) is 29.3 Å². The summed E-state index contributed by atoms with van der Waals surface area (Å²) in [5.74, 6) is 0.962. The molecule has 0 radical (unpaired) electrons. The lowest BCUT2D eigenvalue weighted by Crippen LogP contribution is -2.32. The van der Waals surface area contributed by atoms with E-state index in [1.54, 1.807) is 7.11 Å².